The molecule has 1 aromatic heterocycles. The Labute approximate surface area is 214 Å². The first-order valence-electron chi connectivity index (χ1n) is 12.3. The predicted molar refractivity (Wildman–Crippen MR) is 139 cm³/mol. The van der Waals surface area contributed by atoms with Gasteiger partial charge in [-0.2, -0.15) is 0 Å². The highest BCUT2D eigenvalue weighted by Crippen LogP contribution is 2.29. The van der Waals surface area contributed by atoms with E-state index in [0.29, 0.717) is 24.4 Å². The lowest BCUT2D eigenvalue weighted by atomic mass is 10.0. The molecule has 0 saturated carbocycles. The van der Waals surface area contributed by atoms with Gasteiger partial charge in [-0.3, -0.25) is 14.5 Å². The van der Waals surface area contributed by atoms with E-state index >= 15 is 0 Å². The summed E-state index contributed by atoms with van der Waals surface area (Å²) in [7, 11) is 0. The summed E-state index contributed by atoms with van der Waals surface area (Å²) < 4.78 is 0. The minimum absolute atomic E-state index is 0.000642. The number of likely N-dealkylation sites (tertiary alicyclic amines) is 1. The highest BCUT2D eigenvalue weighted by molar-refractivity contribution is 7.13. The highest BCUT2D eigenvalue weighted by atomic mass is 35.5. The van der Waals surface area contributed by atoms with Gasteiger partial charge in [-0.25, -0.2) is 0 Å². The van der Waals surface area contributed by atoms with Crippen LogP contribution in [0.1, 0.15) is 51.6 Å². The molecule has 35 heavy (non-hydrogen) atoms. The van der Waals surface area contributed by atoms with Gasteiger partial charge in [-0.1, -0.05) is 47.2 Å². The zero-order valence-electron chi connectivity index (χ0n) is 19.7. The Balaban J connectivity index is 1.13. The van der Waals surface area contributed by atoms with E-state index in [1.807, 2.05) is 41.3 Å². The molecule has 2 aliphatic rings. The maximum absolute atomic E-state index is 12.8. The Morgan fingerprint density at radius 1 is 0.971 bits per heavy atom. The molecule has 182 valence electrons. The summed E-state index contributed by atoms with van der Waals surface area (Å²) in [6, 6.07) is 16.1. The summed E-state index contributed by atoms with van der Waals surface area (Å²) in [5.41, 5.74) is 3.36. The highest BCUT2D eigenvalue weighted by Gasteiger charge is 2.32. The largest absolute Gasteiger partial charge is 0.312 e. The van der Waals surface area contributed by atoms with Crippen molar-refractivity contribution in [2.75, 3.05) is 24.5 Å². The second-order valence-electron chi connectivity index (χ2n) is 9.48. The molecule has 2 fully saturated rings. The van der Waals surface area contributed by atoms with Gasteiger partial charge in [0.15, 0.2) is 10.8 Å². The number of anilines is 1. The topological polar surface area (TPSA) is 66.4 Å². The molecule has 5 rings (SSSR count). The summed E-state index contributed by atoms with van der Waals surface area (Å²) in [6.07, 6.45) is 4.83. The average Bonchev–Trinajstić information content (AvgIpc) is 3.61. The fourth-order valence-electron chi connectivity index (χ4n) is 4.87. The molecule has 2 saturated heterocycles. The molecule has 1 unspecified atom stereocenters. The van der Waals surface area contributed by atoms with Gasteiger partial charge in [-0.05, 0) is 73.7 Å². The van der Waals surface area contributed by atoms with E-state index < -0.39 is 0 Å². The number of hydrogen-bond donors (Lipinski definition) is 0. The van der Waals surface area contributed by atoms with Crippen LogP contribution in [0.5, 0.6) is 0 Å². The standard InChI is InChI=1S/C27H29ClN4O2S/c28-22-8-3-19(4-9-22)7-12-25-29-30-27(35-25)24(33)15-21-16-26(34)32(18-21)23-10-5-20(6-11-23)17-31-13-1-2-14-31/h3-6,8-11,21H,1-2,7,12-18H2. The summed E-state index contributed by atoms with van der Waals surface area (Å²) in [4.78, 5) is 29.8. The van der Waals surface area contributed by atoms with Crippen molar-refractivity contribution in [3.8, 4) is 0 Å². The number of Topliss-reactive ketones (excluding diaryl/α,β-unsaturated/α-hetero) is 1. The molecular weight excluding hydrogens is 480 g/mol. The average molecular weight is 509 g/mol. The van der Waals surface area contributed by atoms with E-state index in [1.54, 1.807) is 0 Å². The van der Waals surface area contributed by atoms with Crippen LogP contribution in [0.3, 0.4) is 0 Å². The minimum Gasteiger partial charge on any atom is -0.312 e. The van der Waals surface area contributed by atoms with Crippen LogP contribution in [-0.2, 0) is 24.2 Å². The zero-order chi connectivity index (χ0) is 24.2. The molecule has 1 amide bonds. The number of carbonyl (C=O) groups is 2. The molecule has 8 heteroatoms. The van der Waals surface area contributed by atoms with Gasteiger partial charge in [0.1, 0.15) is 5.01 Å². The van der Waals surface area contributed by atoms with Crippen LogP contribution < -0.4 is 4.90 Å². The minimum atomic E-state index is -0.0270. The van der Waals surface area contributed by atoms with E-state index in [4.69, 9.17) is 11.6 Å². The third kappa shape index (κ3) is 6.15. The first kappa shape index (κ1) is 24.1. The maximum Gasteiger partial charge on any atom is 0.227 e. The lowest BCUT2D eigenvalue weighted by Gasteiger charge is -2.18. The van der Waals surface area contributed by atoms with Crippen molar-refractivity contribution in [3.63, 3.8) is 0 Å². The number of aromatic nitrogens is 2. The van der Waals surface area contributed by atoms with E-state index in [1.165, 1.54) is 48.4 Å². The Morgan fingerprint density at radius 2 is 1.69 bits per heavy atom. The van der Waals surface area contributed by atoms with Crippen molar-refractivity contribution in [3.05, 3.63) is 74.7 Å². The molecule has 1 atom stereocenters. The number of carbonyl (C=O) groups excluding carboxylic acids is 2. The van der Waals surface area contributed by atoms with Gasteiger partial charge in [0.25, 0.3) is 0 Å². The normalized spacial score (nSPS) is 18.5. The predicted octanol–water partition coefficient (Wildman–Crippen LogP) is 5.20. The molecule has 2 aliphatic heterocycles. The lowest BCUT2D eigenvalue weighted by Crippen LogP contribution is -2.25. The molecule has 0 spiro atoms. The number of hydrogen-bond acceptors (Lipinski definition) is 6. The third-order valence-electron chi connectivity index (χ3n) is 6.78. The van der Waals surface area contributed by atoms with Crippen LogP contribution >= 0.6 is 22.9 Å². The van der Waals surface area contributed by atoms with Crippen molar-refractivity contribution in [2.45, 2.75) is 45.1 Å². The van der Waals surface area contributed by atoms with Gasteiger partial charge >= 0.3 is 0 Å². The quantitative estimate of drug-likeness (QED) is 0.372. The van der Waals surface area contributed by atoms with Crippen molar-refractivity contribution in [1.82, 2.24) is 15.1 Å². The monoisotopic (exact) mass is 508 g/mol. The number of nitrogens with zero attached hydrogens (tertiary/aromatic N) is 4. The third-order valence-corrected chi connectivity index (χ3v) is 8.05. The second kappa shape index (κ2) is 11.0. The maximum atomic E-state index is 12.8. The van der Waals surface area contributed by atoms with Crippen LogP contribution in [0.25, 0.3) is 0 Å². The first-order chi connectivity index (χ1) is 17.0. The Kier molecular flexibility index (Phi) is 7.56. The number of rotatable bonds is 9. The van der Waals surface area contributed by atoms with Crippen LogP contribution in [0, 0.1) is 5.92 Å². The molecule has 3 heterocycles. The molecule has 3 aromatic rings. The SMILES string of the molecule is O=C(CC1CC(=O)N(c2ccc(CN3CCCC3)cc2)C1)c1nnc(CCc2ccc(Cl)cc2)s1. The molecule has 6 nitrogen and oxygen atoms in total. The zero-order valence-corrected chi connectivity index (χ0v) is 21.2. The van der Waals surface area contributed by atoms with Gasteiger partial charge in [0, 0.05) is 43.1 Å². The van der Waals surface area contributed by atoms with Crippen molar-refractivity contribution >= 4 is 40.3 Å². The Hall–Kier alpha value is -2.61. The Bertz CT molecular complexity index is 1170. The van der Waals surface area contributed by atoms with Crippen molar-refractivity contribution in [1.29, 1.82) is 0 Å². The number of aryl methyl sites for hydroxylation is 2. The molecule has 0 bridgehead atoms. The summed E-state index contributed by atoms with van der Waals surface area (Å²) in [6.45, 7) is 3.87. The molecule has 0 N–H and O–H groups in total. The smallest absolute Gasteiger partial charge is 0.227 e. The van der Waals surface area contributed by atoms with Gasteiger partial charge in [-0.15, -0.1) is 10.2 Å². The van der Waals surface area contributed by atoms with Crippen molar-refractivity contribution < 1.29 is 9.59 Å². The van der Waals surface area contributed by atoms with Crippen LogP contribution in [0.15, 0.2) is 48.5 Å². The van der Waals surface area contributed by atoms with Gasteiger partial charge in [0.05, 0.1) is 0 Å². The molecule has 0 aliphatic carbocycles. The fraction of sp³-hybridized carbons (Fsp3) is 0.407. The molecular formula is C27H29ClN4O2S. The molecule has 0 radical (unpaired) electrons. The fourth-order valence-corrected chi connectivity index (χ4v) is 5.78. The van der Waals surface area contributed by atoms with E-state index in [2.05, 4.69) is 27.2 Å². The number of benzene rings is 2. The van der Waals surface area contributed by atoms with Crippen molar-refractivity contribution in [2.24, 2.45) is 5.92 Å². The second-order valence-corrected chi connectivity index (χ2v) is 11.0. The van der Waals surface area contributed by atoms with Crippen LogP contribution in [0.4, 0.5) is 5.69 Å². The number of ketones is 1. The summed E-state index contributed by atoms with van der Waals surface area (Å²) in [5.74, 6) is 0.0533. The van der Waals surface area contributed by atoms with E-state index in [9.17, 15) is 9.59 Å². The van der Waals surface area contributed by atoms with Gasteiger partial charge in [0.2, 0.25) is 5.91 Å². The van der Waals surface area contributed by atoms with E-state index in [0.717, 1.165) is 35.1 Å². The molecule has 2 aromatic carbocycles. The Morgan fingerprint density at radius 3 is 2.43 bits per heavy atom. The summed E-state index contributed by atoms with van der Waals surface area (Å²) >= 11 is 7.30. The number of halogens is 1. The van der Waals surface area contributed by atoms with Crippen LogP contribution in [-0.4, -0.2) is 46.4 Å². The lowest BCUT2D eigenvalue weighted by molar-refractivity contribution is -0.117. The summed E-state index contributed by atoms with van der Waals surface area (Å²) in [5, 5.41) is 10.3. The van der Waals surface area contributed by atoms with Crippen LogP contribution in [0.2, 0.25) is 5.02 Å². The first-order valence-corrected chi connectivity index (χ1v) is 13.4. The van der Waals surface area contributed by atoms with Gasteiger partial charge < -0.3 is 4.90 Å². The van der Waals surface area contributed by atoms with E-state index in [-0.39, 0.29) is 17.6 Å². The number of amides is 1.